The molecule has 29 heavy (non-hydrogen) atoms. The zero-order valence-corrected chi connectivity index (χ0v) is 15.6. The number of ether oxygens (including phenoxy) is 2. The summed E-state index contributed by atoms with van der Waals surface area (Å²) in [6, 6.07) is 8.28. The monoisotopic (exact) mass is 412 g/mol. The van der Waals surface area contributed by atoms with Crippen molar-refractivity contribution in [2.75, 3.05) is 13.2 Å². The average Bonchev–Trinajstić information content (AvgIpc) is 3.44. The van der Waals surface area contributed by atoms with Crippen LogP contribution < -0.4 is 14.8 Å². The molecule has 1 aromatic carbocycles. The van der Waals surface area contributed by atoms with Crippen molar-refractivity contribution in [1.29, 1.82) is 0 Å². The summed E-state index contributed by atoms with van der Waals surface area (Å²) in [6.07, 6.45) is -2.55. The third-order valence-corrected chi connectivity index (χ3v) is 4.48. The van der Waals surface area contributed by atoms with Crippen LogP contribution in [0.25, 0.3) is 0 Å². The van der Waals surface area contributed by atoms with E-state index in [0.29, 0.717) is 24.5 Å². The van der Waals surface area contributed by atoms with Gasteiger partial charge in [-0.15, -0.1) is 0 Å². The van der Waals surface area contributed by atoms with Crippen molar-refractivity contribution in [1.82, 2.24) is 10.3 Å². The fourth-order valence-corrected chi connectivity index (χ4v) is 2.81. The number of alkyl halides is 3. The van der Waals surface area contributed by atoms with Gasteiger partial charge in [-0.05, 0) is 37.6 Å². The van der Waals surface area contributed by atoms with Crippen LogP contribution in [0.1, 0.15) is 25.1 Å². The topological polar surface area (TPSA) is 60.5 Å². The SMILES string of the molecule is CC(NC(=O)[C@H]1C[C@@H]1COc1cccc(F)c1)c1ccc(OCC(F)(F)F)cn1. The Hall–Kier alpha value is -2.84. The molecule has 1 amide bonds. The average molecular weight is 412 g/mol. The van der Waals surface area contributed by atoms with E-state index in [4.69, 9.17) is 4.74 Å². The van der Waals surface area contributed by atoms with E-state index < -0.39 is 18.8 Å². The first-order valence-electron chi connectivity index (χ1n) is 9.05. The first kappa shape index (κ1) is 20.9. The number of pyridine rings is 1. The van der Waals surface area contributed by atoms with Crippen molar-refractivity contribution in [3.63, 3.8) is 0 Å². The minimum absolute atomic E-state index is 0.00126. The molecule has 1 unspecified atom stereocenters. The molecule has 1 fully saturated rings. The zero-order chi connectivity index (χ0) is 21.0. The molecule has 3 rings (SSSR count). The molecule has 156 valence electrons. The molecular formula is C20H20F4N2O3. The molecule has 1 aromatic heterocycles. The number of rotatable bonds is 8. The highest BCUT2D eigenvalue weighted by atomic mass is 19.4. The molecule has 0 radical (unpaired) electrons. The lowest BCUT2D eigenvalue weighted by molar-refractivity contribution is -0.153. The molecular weight excluding hydrogens is 392 g/mol. The van der Waals surface area contributed by atoms with Crippen LogP contribution in [0.2, 0.25) is 0 Å². The van der Waals surface area contributed by atoms with Gasteiger partial charge in [-0.1, -0.05) is 6.07 Å². The van der Waals surface area contributed by atoms with Crippen molar-refractivity contribution >= 4 is 5.91 Å². The number of aromatic nitrogens is 1. The highest BCUT2D eigenvalue weighted by molar-refractivity contribution is 5.81. The van der Waals surface area contributed by atoms with Gasteiger partial charge in [-0.25, -0.2) is 4.39 Å². The highest BCUT2D eigenvalue weighted by Crippen LogP contribution is 2.39. The number of benzene rings is 1. The molecule has 2 aromatic rings. The van der Waals surface area contributed by atoms with Crippen molar-refractivity contribution in [2.24, 2.45) is 11.8 Å². The van der Waals surface area contributed by atoms with E-state index in [9.17, 15) is 22.4 Å². The molecule has 0 bridgehead atoms. The van der Waals surface area contributed by atoms with E-state index in [-0.39, 0.29) is 29.3 Å². The maximum absolute atomic E-state index is 13.1. The lowest BCUT2D eigenvalue weighted by atomic mass is 10.2. The van der Waals surface area contributed by atoms with Gasteiger partial charge in [0.05, 0.1) is 24.5 Å². The van der Waals surface area contributed by atoms with Crippen molar-refractivity contribution in [3.8, 4) is 11.5 Å². The first-order chi connectivity index (χ1) is 13.7. The van der Waals surface area contributed by atoms with E-state index >= 15 is 0 Å². The van der Waals surface area contributed by atoms with E-state index in [1.165, 1.54) is 30.5 Å². The van der Waals surface area contributed by atoms with Crippen molar-refractivity contribution < 1.29 is 31.8 Å². The summed E-state index contributed by atoms with van der Waals surface area (Å²) >= 11 is 0. The summed E-state index contributed by atoms with van der Waals surface area (Å²) < 4.78 is 59.7. The smallest absolute Gasteiger partial charge is 0.422 e. The summed E-state index contributed by atoms with van der Waals surface area (Å²) in [6.45, 7) is 0.664. The van der Waals surface area contributed by atoms with Gasteiger partial charge >= 0.3 is 6.18 Å². The standard InChI is InChI=1S/C20H20F4N2O3/c1-12(18-6-5-16(9-25-18)29-11-20(22,23)24)26-19(27)17-7-13(17)10-28-15-4-2-3-14(21)8-15/h2-6,8-9,12-13,17H,7,10-11H2,1H3,(H,26,27)/t12?,13-,17+/m1/s1. The van der Waals surface area contributed by atoms with Gasteiger partial charge in [0.2, 0.25) is 5.91 Å². The number of nitrogens with zero attached hydrogens (tertiary/aromatic N) is 1. The molecule has 3 atom stereocenters. The van der Waals surface area contributed by atoms with Gasteiger partial charge in [-0.3, -0.25) is 9.78 Å². The Morgan fingerprint density at radius 3 is 2.69 bits per heavy atom. The number of amides is 1. The molecule has 9 heteroatoms. The summed E-state index contributed by atoms with van der Waals surface area (Å²) in [7, 11) is 0. The molecule has 0 aliphatic heterocycles. The van der Waals surface area contributed by atoms with E-state index in [0.717, 1.165) is 0 Å². The van der Waals surface area contributed by atoms with Gasteiger partial charge in [0.25, 0.3) is 0 Å². The van der Waals surface area contributed by atoms with Crippen LogP contribution in [-0.4, -0.2) is 30.3 Å². The predicted octanol–water partition coefficient (Wildman–Crippen LogP) is 4.05. The second-order valence-electron chi connectivity index (χ2n) is 6.92. The van der Waals surface area contributed by atoms with Crippen molar-refractivity contribution in [2.45, 2.75) is 25.6 Å². The quantitative estimate of drug-likeness (QED) is 0.665. The summed E-state index contributed by atoms with van der Waals surface area (Å²) in [4.78, 5) is 16.4. The molecule has 0 saturated heterocycles. The van der Waals surface area contributed by atoms with Crippen molar-refractivity contribution in [3.05, 3.63) is 54.1 Å². The summed E-state index contributed by atoms with van der Waals surface area (Å²) in [5.41, 5.74) is 0.505. The molecule has 1 N–H and O–H groups in total. The Morgan fingerprint density at radius 2 is 2.03 bits per heavy atom. The van der Waals surface area contributed by atoms with Crippen LogP contribution in [0.4, 0.5) is 17.6 Å². The summed E-state index contributed by atoms with van der Waals surface area (Å²) in [5.74, 6) is -0.256. The lowest BCUT2D eigenvalue weighted by Crippen LogP contribution is -2.29. The van der Waals surface area contributed by atoms with Gasteiger partial charge in [0.1, 0.15) is 17.3 Å². The van der Waals surface area contributed by atoms with Gasteiger partial charge in [0, 0.05) is 17.9 Å². The van der Waals surface area contributed by atoms with Crippen LogP contribution >= 0.6 is 0 Å². The van der Waals surface area contributed by atoms with Gasteiger partial charge in [0.15, 0.2) is 6.61 Å². The number of hydrogen-bond acceptors (Lipinski definition) is 4. The largest absolute Gasteiger partial charge is 0.493 e. The van der Waals surface area contributed by atoms with E-state index in [1.807, 2.05) is 0 Å². The maximum atomic E-state index is 13.1. The van der Waals surface area contributed by atoms with E-state index in [1.54, 1.807) is 19.1 Å². The molecule has 1 saturated carbocycles. The molecule has 1 aliphatic carbocycles. The Bertz CT molecular complexity index is 842. The molecule has 0 spiro atoms. The third-order valence-electron chi connectivity index (χ3n) is 4.48. The second-order valence-corrected chi connectivity index (χ2v) is 6.92. The van der Waals surface area contributed by atoms with E-state index in [2.05, 4.69) is 15.0 Å². The maximum Gasteiger partial charge on any atom is 0.422 e. The normalized spacial score (nSPS) is 19.3. The van der Waals surface area contributed by atoms with Crippen LogP contribution in [0.15, 0.2) is 42.6 Å². The highest BCUT2D eigenvalue weighted by Gasteiger charge is 2.43. The fourth-order valence-electron chi connectivity index (χ4n) is 2.81. The lowest BCUT2D eigenvalue weighted by Gasteiger charge is -2.14. The van der Waals surface area contributed by atoms with Crippen LogP contribution in [0.3, 0.4) is 0 Å². The summed E-state index contributed by atoms with van der Waals surface area (Å²) in [5, 5.41) is 2.83. The molecule has 1 heterocycles. The fraction of sp³-hybridized carbons (Fsp3) is 0.400. The number of nitrogens with one attached hydrogen (secondary N) is 1. The van der Waals surface area contributed by atoms with Crippen LogP contribution in [0.5, 0.6) is 11.5 Å². The number of halogens is 4. The number of carbonyl (C=O) groups excluding carboxylic acids is 1. The first-order valence-corrected chi connectivity index (χ1v) is 9.05. The molecule has 5 nitrogen and oxygen atoms in total. The third kappa shape index (κ3) is 6.33. The number of carbonyl (C=O) groups is 1. The van der Waals surface area contributed by atoms with Gasteiger partial charge < -0.3 is 14.8 Å². The number of hydrogen-bond donors (Lipinski definition) is 1. The van der Waals surface area contributed by atoms with Crippen LogP contribution in [0, 0.1) is 17.7 Å². The minimum atomic E-state index is -4.42. The zero-order valence-electron chi connectivity index (χ0n) is 15.6. The Kier molecular flexibility index (Phi) is 6.24. The Morgan fingerprint density at radius 1 is 1.24 bits per heavy atom. The predicted molar refractivity (Wildman–Crippen MR) is 95.8 cm³/mol. The van der Waals surface area contributed by atoms with Gasteiger partial charge in [-0.2, -0.15) is 13.2 Å². The molecule has 1 aliphatic rings. The Labute approximate surface area is 165 Å². The minimum Gasteiger partial charge on any atom is -0.493 e. The Balaban J connectivity index is 1.43. The van der Waals surface area contributed by atoms with Crippen LogP contribution in [-0.2, 0) is 4.79 Å². The second kappa shape index (κ2) is 8.67.